The number of hydrogen-bond acceptors (Lipinski definition) is 4. The molecule has 3 aliphatic rings. The maximum absolute atomic E-state index is 12.9. The summed E-state index contributed by atoms with van der Waals surface area (Å²) in [4.78, 5) is 39.2. The van der Waals surface area contributed by atoms with Gasteiger partial charge in [0.1, 0.15) is 0 Å². The van der Waals surface area contributed by atoms with Gasteiger partial charge in [-0.05, 0) is 37.7 Å². The number of nitro groups is 1. The maximum atomic E-state index is 12.9. The van der Waals surface area contributed by atoms with Crippen molar-refractivity contribution in [1.29, 1.82) is 0 Å². The standard InChI is InChI=1S/C18H21N3O4/c22-17(13-1-2-13)19-8-5-14(6-9-19)18(23)20-10-7-12-3-4-15(21(24)25)11-16(12)20/h3-4,11,13-14H,1-2,5-10H2. The van der Waals surface area contributed by atoms with Gasteiger partial charge >= 0.3 is 0 Å². The van der Waals surface area contributed by atoms with Crippen molar-refractivity contribution in [2.45, 2.75) is 32.1 Å². The highest BCUT2D eigenvalue weighted by Gasteiger charge is 2.38. The van der Waals surface area contributed by atoms with Crippen molar-refractivity contribution >= 4 is 23.2 Å². The molecule has 0 aromatic heterocycles. The highest BCUT2D eigenvalue weighted by Crippen LogP contribution is 2.35. The molecule has 7 nitrogen and oxygen atoms in total. The van der Waals surface area contributed by atoms with E-state index >= 15 is 0 Å². The first-order valence-electron chi connectivity index (χ1n) is 8.92. The van der Waals surface area contributed by atoms with E-state index in [9.17, 15) is 19.7 Å². The van der Waals surface area contributed by atoms with Gasteiger partial charge in [0.25, 0.3) is 5.69 Å². The minimum atomic E-state index is -0.427. The fourth-order valence-electron chi connectivity index (χ4n) is 3.87. The Labute approximate surface area is 145 Å². The minimum absolute atomic E-state index is 0.0169. The Morgan fingerprint density at radius 3 is 2.32 bits per heavy atom. The van der Waals surface area contributed by atoms with E-state index < -0.39 is 4.92 Å². The molecule has 1 aliphatic carbocycles. The molecule has 1 aromatic carbocycles. The summed E-state index contributed by atoms with van der Waals surface area (Å²) in [5, 5.41) is 11.0. The van der Waals surface area contributed by atoms with Crippen molar-refractivity contribution in [3.05, 3.63) is 33.9 Å². The third kappa shape index (κ3) is 2.99. The van der Waals surface area contributed by atoms with Crippen molar-refractivity contribution in [2.75, 3.05) is 24.5 Å². The molecular weight excluding hydrogens is 322 g/mol. The molecule has 0 atom stereocenters. The zero-order valence-corrected chi connectivity index (χ0v) is 14.0. The Morgan fingerprint density at radius 2 is 1.68 bits per heavy atom. The van der Waals surface area contributed by atoms with Crippen LogP contribution >= 0.6 is 0 Å². The lowest BCUT2D eigenvalue weighted by atomic mass is 9.95. The van der Waals surface area contributed by atoms with Gasteiger partial charge in [-0.1, -0.05) is 6.07 Å². The van der Waals surface area contributed by atoms with E-state index in [0.717, 1.165) is 24.8 Å². The summed E-state index contributed by atoms with van der Waals surface area (Å²) in [7, 11) is 0. The van der Waals surface area contributed by atoms with Crippen LogP contribution in [0.15, 0.2) is 18.2 Å². The second-order valence-electron chi connectivity index (χ2n) is 7.18. The summed E-state index contributed by atoms with van der Waals surface area (Å²) in [6, 6.07) is 4.75. The van der Waals surface area contributed by atoms with Crippen molar-refractivity contribution in [3.8, 4) is 0 Å². The fraction of sp³-hybridized carbons (Fsp3) is 0.556. The van der Waals surface area contributed by atoms with Crippen LogP contribution in [0, 0.1) is 22.0 Å². The number of nitrogens with zero attached hydrogens (tertiary/aromatic N) is 3. The number of non-ortho nitro benzene ring substituents is 1. The first-order valence-corrected chi connectivity index (χ1v) is 8.92. The second kappa shape index (κ2) is 6.13. The summed E-state index contributed by atoms with van der Waals surface area (Å²) in [6.07, 6.45) is 4.09. The number of carbonyl (C=O) groups excluding carboxylic acids is 2. The smallest absolute Gasteiger partial charge is 0.271 e. The van der Waals surface area contributed by atoms with Crippen LogP contribution in [0.2, 0.25) is 0 Å². The van der Waals surface area contributed by atoms with Crippen LogP contribution in [0.5, 0.6) is 0 Å². The summed E-state index contributed by atoms with van der Waals surface area (Å²) in [6.45, 7) is 1.86. The molecule has 0 bridgehead atoms. The third-order valence-corrected chi connectivity index (χ3v) is 5.52. The highest BCUT2D eigenvalue weighted by atomic mass is 16.6. The van der Waals surface area contributed by atoms with Gasteiger partial charge in [-0.25, -0.2) is 0 Å². The molecule has 1 aromatic rings. The zero-order chi connectivity index (χ0) is 17.6. The molecule has 2 heterocycles. The Bertz CT molecular complexity index is 736. The molecule has 2 amide bonds. The number of benzene rings is 1. The molecule has 0 unspecified atom stereocenters. The number of anilines is 1. The molecular formula is C18H21N3O4. The summed E-state index contributed by atoms with van der Waals surface area (Å²) < 4.78 is 0. The molecule has 2 fully saturated rings. The van der Waals surface area contributed by atoms with Gasteiger partial charge in [0.2, 0.25) is 11.8 Å². The Kier molecular flexibility index (Phi) is 3.94. The van der Waals surface area contributed by atoms with E-state index in [1.54, 1.807) is 11.0 Å². The average molecular weight is 343 g/mol. The number of hydrogen-bond donors (Lipinski definition) is 0. The quantitative estimate of drug-likeness (QED) is 0.622. The van der Waals surface area contributed by atoms with Crippen LogP contribution in [0.3, 0.4) is 0 Å². The minimum Gasteiger partial charge on any atom is -0.342 e. The number of fused-ring (bicyclic) bond motifs is 1. The number of amides is 2. The summed E-state index contributed by atoms with van der Waals surface area (Å²) in [5.41, 5.74) is 1.68. The SMILES string of the molecule is O=C(C1CC1)N1CCC(C(=O)N2CCc3ccc([N+](=O)[O-])cc32)CC1. The number of carbonyl (C=O) groups is 2. The van der Waals surface area contributed by atoms with Crippen LogP contribution < -0.4 is 4.90 Å². The molecule has 0 spiro atoms. The lowest BCUT2D eigenvalue weighted by Crippen LogP contribution is -2.44. The first-order chi connectivity index (χ1) is 12.0. The number of rotatable bonds is 3. The average Bonchev–Trinajstić information content (AvgIpc) is 3.39. The van der Waals surface area contributed by atoms with Gasteiger partial charge in [0, 0.05) is 43.6 Å². The van der Waals surface area contributed by atoms with Gasteiger partial charge < -0.3 is 9.80 Å². The van der Waals surface area contributed by atoms with Crippen LogP contribution in [0.25, 0.3) is 0 Å². The van der Waals surface area contributed by atoms with Crippen molar-refractivity contribution in [1.82, 2.24) is 4.90 Å². The fourth-order valence-corrected chi connectivity index (χ4v) is 3.87. The van der Waals surface area contributed by atoms with Gasteiger partial charge in [-0.15, -0.1) is 0 Å². The Balaban J connectivity index is 1.44. The number of likely N-dealkylation sites (tertiary alicyclic amines) is 1. The predicted octanol–water partition coefficient (Wildman–Crippen LogP) is 2.13. The van der Waals surface area contributed by atoms with Crippen LogP contribution in [-0.2, 0) is 16.0 Å². The monoisotopic (exact) mass is 343 g/mol. The normalized spacial score (nSPS) is 20.5. The molecule has 25 heavy (non-hydrogen) atoms. The zero-order valence-electron chi connectivity index (χ0n) is 14.0. The third-order valence-electron chi connectivity index (χ3n) is 5.52. The van der Waals surface area contributed by atoms with Crippen molar-refractivity contribution < 1.29 is 14.5 Å². The Hall–Kier alpha value is -2.44. The van der Waals surface area contributed by atoms with Gasteiger partial charge in [0.05, 0.1) is 10.6 Å². The van der Waals surface area contributed by atoms with Gasteiger partial charge in [-0.2, -0.15) is 0 Å². The van der Waals surface area contributed by atoms with E-state index in [1.807, 2.05) is 4.90 Å². The predicted molar refractivity (Wildman–Crippen MR) is 91.2 cm³/mol. The Morgan fingerprint density at radius 1 is 1.00 bits per heavy atom. The molecule has 4 rings (SSSR count). The van der Waals surface area contributed by atoms with E-state index in [-0.39, 0.29) is 29.3 Å². The number of nitro benzene ring substituents is 1. The van der Waals surface area contributed by atoms with Crippen molar-refractivity contribution in [3.63, 3.8) is 0 Å². The molecule has 0 radical (unpaired) electrons. The largest absolute Gasteiger partial charge is 0.342 e. The number of piperidine rings is 1. The molecule has 7 heteroatoms. The first kappa shape index (κ1) is 16.1. The summed E-state index contributed by atoms with van der Waals surface area (Å²) in [5.74, 6) is 0.400. The second-order valence-corrected chi connectivity index (χ2v) is 7.18. The van der Waals surface area contributed by atoms with E-state index in [2.05, 4.69) is 0 Å². The van der Waals surface area contributed by atoms with Crippen molar-refractivity contribution in [2.24, 2.45) is 11.8 Å². The maximum Gasteiger partial charge on any atom is 0.271 e. The summed E-state index contributed by atoms with van der Waals surface area (Å²) >= 11 is 0. The lowest BCUT2D eigenvalue weighted by Gasteiger charge is -2.33. The molecule has 1 saturated carbocycles. The van der Waals surface area contributed by atoms with E-state index in [1.165, 1.54) is 12.1 Å². The van der Waals surface area contributed by atoms with Crippen LogP contribution in [0.4, 0.5) is 11.4 Å². The molecule has 0 N–H and O–H groups in total. The lowest BCUT2D eigenvalue weighted by molar-refractivity contribution is -0.384. The molecule has 1 saturated heterocycles. The van der Waals surface area contributed by atoms with Gasteiger partial charge in [0.15, 0.2) is 0 Å². The molecule has 2 aliphatic heterocycles. The van der Waals surface area contributed by atoms with Gasteiger partial charge in [-0.3, -0.25) is 19.7 Å². The van der Waals surface area contributed by atoms with E-state index in [0.29, 0.717) is 38.2 Å². The van der Waals surface area contributed by atoms with Crippen LogP contribution in [0.1, 0.15) is 31.2 Å². The molecule has 132 valence electrons. The highest BCUT2D eigenvalue weighted by molar-refractivity contribution is 5.97. The van der Waals surface area contributed by atoms with Crippen LogP contribution in [-0.4, -0.2) is 41.3 Å². The topological polar surface area (TPSA) is 83.8 Å². The van der Waals surface area contributed by atoms with E-state index in [4.69, 9.17) is 0 Å².